The van der Waals surface area contributed by atoms with Crippen molar-refractivity contribution >= 4 is 5.69 Å². The van der Waals surface area contributed by atoms with Gasteiger partial charge in [-0.25, -0.2) is 9.07 Å². The van der Waals surface area contributed by atoms with Gasteiger partial charge < -0.3 is 0 Å². The molecule has 1 aromatic heterocycles. The zero-order chi connectivity index (χ0) is 15.5. The topological polar surface area (TPSA) is 86.7 Å². The number of nitro groups is 1. The molecule has 3 aromatic rings. The molecule has 8 heteroatoms. The summed E-state index contributed by atoms with van der Waals surface area (Å²) in [5.74, 6) is -0.716. The van der Waals surface area contributed by atoms with Crippen LogP contribution in [-0.4, -0.2) is 25.1 Å². The van der Waals surface area contributed by atoms with Crippen molar-refractivity contribution in [3.05, 3.63) is 70.0 Å². The van der Waals surface area contributed by atoms with Crippen LogP contribution in [0.4, 0.5) is 10.1 Å². The Morgan fingerprint density at radius 2 is 1.91 bits per heavy atom. The number of hydrogen-bond donors (Lipinski definition) is 0. The number of nitrogens with zero attached hydrogens (tertiary/aromatic N) is 5. The molecule has 0 aliphatic carbocycles. The zero-order valence-electron chi connectivity index (χ0n) is 11.3. The molecule has 1 heterocycles. The van der Waals surface area contributed by atoms with E-state index in [4.69, 9.17) is 0 Å². The normalized spacial score (nSPS) is 10.6. The van der Waals surface area contributed by atoms with Crippen molar-refractivity contribution in [2.45, 2.75) is 6.54 Å². The summed E-state index contributed by atoms with van der Waals surface area (Å²) in [5.41, 5.74) is 0.313. The minimum atomic E-state index is -0.738. The van der Waals surface area contributed by atoms with Crippen molar-refractivity contribution in [3.8, 4) is 11.4 Å². The minimum Gasteiger partial charge on any atom is -0.258 e. The van der Waals surface area contributed by atoms with Gasteiger partial charge in [-0.3, -0.25) is 10.1 Å². The van der Waals surface area contributed by atoms with Gasteiger partial charge in [0.2, 0.25) is 0 Å². The van der Waals surface area contributed by atoms with Gasteiger partial charge >= 0.3 is 0 Å². The third-order valence-corrected chi connectivity index (χ3v) is 3.12. The number of halogens is 1. The highest BCUT2D eigenvalue weighted by Crippen LogP contribution is 2.30. The third-order valence-electron chi connectivity index (χ3n) is 3.12. The van der Waals surface area contributed by atoms with Crippen molar-refractivity contribution < 1.29 is 9.31 Å². The standard InChI is InChI=1S/C14H10FN5O2/c15-11-7-4-8-12(20(21)22)13(11)14-16-17-18-19(14)9-10-5-2-1-3-6-10/h1-8H,9H2. The molecule has 0 fully saturated rings. The fourth-order valence-electron chi connectivity index (χ4n) is 2.13. The summed E-state index contributed by atoms with van der Waals surface area (Å²) in [5, 5.41) is 22.1. The van der Waals surface area contributed by atoms with Gasteiger partial charge in [0.05, 0.1) is 11.5 Å². The minimum absolute atomic E-state index is 0.0219. The largest absolute Gasteiger partial charge is 0.283 e. The van der Waals surface area contributed by atoms with Crippen LogP contribution in [0.3, 0.4) is 0 Å². The van der Waals surface area contributed by atoms with E-state index in [0.717, 1.165) is 11.6 Å². The predicted molar refractivity (Wildman–Crippen MR) is 75.4 cm³/mol. The van der Waals surface area contributed by atoms with Crippen molar-refractivity contribution in [2.75, 3.05) is 0 Å². The second kappa shape index (κ2) is 5.68. The Hall–Kier alpha value is -3.16. The maximum absolute atomic E-state index is 14.1. The molecule has 0 amide bonds. The summed E-state index contributed by atoms with van der Waals surface area (Å²) >= 11 is 0. The highest BCUT2D eigenvalue weighted by molar-refractivity contribution is 5.68. The first-order chi connectivity index (χ1) is 10.7. The van der Waals surface area contributed by atoms with Gasteiger partial charge in [-0.15, -0.1) is 5.10 Å². The summed E-state index contributed by atoms with van der Waals surface area (Å²) in [7, 11) is 0. The van der Waals surface area contributed by atoms with Gasteiger partial charge in [0.25, 0.3) is 5.69 Å². The molecular formula is C14H10FN5O2. The average molecular weight is 299 g/mol. The first-order valence-electron chi connectivity index (χ1n) is 6.40. The lowest BCUT2D eigenvalue weighted by molar-refractivity contribution is -0.384. The molecule has 3 rings (SSSR count). The fraction of sp³-hybridized carbons (Fsp3) is 0.0714. The maximum Gasteiger partial charge on any atom is 0.283 e. The monoisotopic (exact) mass is 299 g/mol. The van der Waals surface area contributed by atoms with E-state index in [1.807, 2.05) is 30.3 Å². The Kier molecular flexibility index (Phi) is 3.57. The number of tetrazole rings is 1. The number of rotatable bonds is 4. The molecule has 0 N–H and O–H groups in total. The number of benzene rings is 2. The molecule has 0 saturated heterocycles. The molecule has 0 spiro atoms. The van der Waals surface area contributed by atoms with Gasteiger partial charge in [-0.2, -0.15) is 0 Å². The summed E-state index contributed by atoms with van der Waals surface area (Å²) in [6.07, 6.45) is 0. The van der Waals surface area contributed by atoms with E-state index in [0.29, 0.717) is 0 Å². The predicted octanol–water partition coefficient (Wildman–Crippen LogP) is 2.44. The maximum atomic E-state index is 14.1. The summed E-state index contributed by atoms with van der Waals surface area (Å²) in [6.45, 7) is 0.286. The molecule has 0 radical (unpaired) electrons. The van der Waals surface area contributed by atoms with Crippen LogP contribution in [0.1, 0.15) is 5.56 Å². The Labute approximate surface area is 124 Å². The molecule has 110 valence electrons. The quantitative estimate of drug-likeness (QED) is 0.545. The Bertz CT molecular complexity index is 819. The Morgan fingerprint density at radius 3 is 2.64 bits per heavy atom. The SMILES string of the molecule is O=[N+]([O-])c1cccc(F)c1-c1nnnn1Cc1ccccc1. The lowest BCUT2D eigenvalue weighted by atomic mass is 10.1. The second-order valence-electron chi connectivity index (χ2n) is 4.54. The molecule has 0 atom stereocenters. The molecular weight excluding hydrogens is 289 g/mol. The van der Waals surface area contributed by atoms with E-state index in [2.05, 4.69) is 15.5 Å². The number of hydrogen-bond acceptors (Lipinski definition) is 5. The van der Waals surface area contributed by atoms with E-state index < -0.39 is 10.7 Å². The lowest BCUT2D eigenvalue weighted by Gasteiger charge is -2.06. The van der Waals surface area contributed by atoms with Crippen LogP contribution in [0.2, 0.25) is 0 Å². The van der Waals surface area contributed by atoms with Crippen LogP contribution in [-0.2, 0) is 6.54 Å². The molecule has 7 nitrogen and oxygen atoms in total. The lowest BCUT2D eigenvalue weighted by Crippen LogP contribution is -2.06. The smallest absolute Gasteiger partial charge is 0.258 e. The van der Waals surface area contributed by atoms with Crippen LogP contribution in [0.5, 0.6) is 0 Å². The zero-order valence-corrected chi connectivity index (χ0v) is 11.3. The summed E-state index contributed by atoms with van der Waals surface area (Å²) < 4.78 is 15.4. The van der Waals surface area contributed by atoms with Crippen LogP contribution in [0.25, 0.3) is 11.4 Å². The molecule has 0 aliphatic rings. The summed E-state index contributed by atoms with van der Waals surface area (Å²) in [4.78, 5) is 10.4. The number of aromatic nitrogens is 4. The van der Waals surface area contributed by atoms with Crippen molar-refractivity contribution in [1.82, 2.24) is 20.2 Å². The highest BCUT2D eigenvalue weighted by Gasteiger charge is 2.24. The molecule has 22 heavy (non-hydrogen) atoms. The van der Waals surface area contributed by atoms with E-state index in [1.165, 1.54) is 16.8 Å². The second-order valence-corrected chi connectivity index (χ2v) is 4.54. The number of nitro benzene ring substituents is 1. The average Bonchev–Trinajstić information content (AvgIpc) is 2.95. The molecule has 0 aliphatic heterocycles. The van der Waals surface area contributed by atoms with Crippen LogP contribution in [0, 0.1) is 15.9 Å². The van der Waals surface area contributed by atoms with E-state index in [9.17, 15) is 14.5 Å². The van der Waals surface area contributed by atoms with Gasteiger partial charge in [0.1, 0.15) is 11.4 Å². The van der Waals surface area contributed by atoms with Gasteiger partial charge in [0, 0.05) is 6.07 Å². The molecule has 0 bridgehead atoms. The van der Waals surface area contributed by atoms with Crippen molar-refractivity contribution in [1.29, 1.82) is 0 Å². The molecule has 0 unspecified atom stereocenters. The third kappa shape index (κ3) is 2.53. The molecule has 0 saturated carbocycles. The van der Waals surface area contributed by atoms with Crippen LogP contribution in [0.15, 0.2) is 48.5 Å². The van der Waals surface area contributed by atoms with Gasteiger partial charge in [0.15, 0.2) is 5.82 Å². The summed E-state index contributed by atoms with van der Waals surface area (Å²) in [6, 6.07) is 12.9. The Morgan fingerprint density at radius 1 is 1.14 bits per heavy atom. The van der Waals surface area contributed by atoms with Gasteiger partial charge in [-0.05, 0) is 22.1 Å². The van der Waals surface area contributed by atoms with E-state index in [1.54, 1.807) is 0 Å². The highest BCUT2D eigenvalue weighted by atomic mass is 19.1. The first kappa shape index (κ1) is 13.8. The van der Waals surface area contributed by atoms with E-state index >= 15 is 0 Å². The van der Waals surface area contributed by atoms with Crippen LogP contribution >= 0.6 is 0 Å². The Balaban J connectivity index is 2.08. The van der Waals surface area contributed by atoms with Gasteiger partial charge in [-0.1, -0.05) is 36.4 Å². The van der Waals surface area contributed by atoms with Crippen molar-refractivity contribution in [3.63, 3.8) is 0 Å². The molecule has 2 aromatic carbocycles. The van der Waals surface area contributed by atoms with E-state index in [-0.39, 0.29) is 23.6 Å². The first-order valence-corrected chi connectivity index (χ1v) is 6.40. The fourth-order valence-corrected chi connectivity index (χ4v) is 2.13. The van der Waals surface area contributed by atoms with Crippen LogP contribution < -0.4 is 0 Å². The van der Waals surface area contributed by atoms with Crippen molar-refractivity contribution in [2.24, 2.45) is 0 Å².